The molecule has 130 valence electrons. The van der Waals surface area contributed by atoms with Crippen LogP contribution in [0.2, 0.25) is 0 Å². The number of furan rings is 1. The van der Waals surface area contributed by atoms with Crippen molar-refractivity contribution < 1.29 is 23.4 Å². The second-order valence-corrected chi connectivity index (χ2v) is 5.75. The Hall–Kier alpha value is -2.80. The minimum absolute atomic E-state index is 0.161. The molecule has 0 unspecified atom stereocenters. The molecule has 3 aromatic rings. The Morgan fingerprint density at radius 1 is 1.12 bits per heavy atom. The van der Waals surface area contributed by atoms with Gasteiger partial charge in [-0.05, 0) is 6.07 Å². The number of benzene rings is 1. The van der Waals surface area contributed by atoms with E-state index in [1.807, 2.05) is 6.07 Å². The van der Waals surface area contributed by atoms with Crippen molar-refractivity contribution in [3.63, 3.8) is 0 Å². The first kappa shape index (κ1) is 15.7. The van der Waals surface area contributed by atoms with Gasteiger partial charge >= 0.3 is 0 Å². The van der Waals surface area contributed by atoms with Crippen LogP contribution in [0.4, 0.5) is 0 Å². The van der Waals surface area contributed by atoms with Crippen LogP contribution in [0.25, 0.3) is 21.7 Å². The number of pyridine rings is 1. The Kier molecular flexibility index (Phi) is 3.93. The summed E-state index contributed by atoms with van der Waals surface area (Å²) >= 11 is 0. The first-order chi connectivity index (χ1) is 12.2. The van der Waals surface area contributed by atoms with Crippen molar-refractivity contribution in [3.05, 3.63) is 30.3 Å². The van der Waals surface area contributed by atoms with Crippen molar-refractivity contribution in [1.82, 2.24) is 9.88 Å². The molecule has 1 fully saturated rings. The molecule has 1 aliphatic rings. The van der Waals surface area contributed by atoms with Gasteiger partial charge in [-0.15, -0.1) is 0 Å². The Balaban J connectivity index is 1.92. The van der Waals surface area contributed by atoms with Crippen molar-refractivity contribution >= 4 is 27.6 Å². The maximum absolute atomic E-state index is 12.7. The molecular weight excluding hydrogens is 324 g/mol. The fourth-order valence-electron chi connectivity index (χ4n) is 3.22. The lowest BCUT2D eigenvalue weighted by atomic mass is 10.1. The Morgan fingerprint density at radius 3 is 2.60 bits per heavy atom. The summed E-state index contributed by atoms with van der Waals surface area (Å²) < 4.78 is 22.3. The first-order valence-corrected chi connectivity index (χ1v) is 8.02. The summed E-state index contributed by atoms with van der Waals surface area (Å²) in [6.45, 7) is 2.18. The first-order valence-electron chi connectivity index (χ1n) is 8.02. The SMILES string of the molecule is COc1c2cnccc2c(OC)c2oc(C(=O)N3CCOCC3)cc12. The van der Waals surface area contributed by atoms with Crippen LogP contribution >= 0.6 is 0 Å². The van der Waals surface area contributed by atoms with Crippen LogP contribution in [-0.4, -0.2) is 56.3 Å². The predicted molar refractivity (Wildman–Crippen MR) is 91.3 cm³/mol. The van der Waals surface area contributed by atoms with Gasteiger partial charge in [-0.3, -0.25) is 9.78 Å². The van der Waals surface area contributed by atoms with E-state index in [4.69, 9.17) is 18.6 Å². The molecule has 0 aliphatic carbocycles. The van der Waals surface area contributed by atoms with Crippen molar-refractivity contribution in [2.24, 2.45) is 0 Å². The summed E-state index contributed by atoms with van der Waals surface area (Å²) in [7, 11) is 3.16. The second kappa shape index (κ2) is 6.25. The maximum Gasteiger partial charge on any atom is 0.289 e. The van der Waals surface area contributed by atoms with E-state index in [0.29, 0.717) is 48.8 Å². The van der Waals surface area contributed by atoms with E-state index in [-0.39, 0.29) is 11.7 Å². The number of methoxy groups -OCH3 is 2. The minimum atomic E-state index is -0.161. The molecule has 0 N–H and O–H groups in total. The van der Waals surface area contributed by atoms with Gasteiger partial charge in [0.15, 0.2) is 17.1 Å². The average molecular weight is 342 g/mol. The van der Waals surface area contributed by atoms with Crippen LogP contribution in [-0.2, 0) is 4.74 Å². The normalized spacial score (nSPS) is 14.9. The predicted octanol–water partition coefficient (Wildman–Crippen LogP) is 2.47. The van der Waals surface area contributed by atoms with Gasteiger partial charge in [0.2, 0.25) is 0 Å². The molecule has 0 radical (unpaired) electrons. The van der Waals surface area contributed by atoms with Crippen LogP contribution in [0, 0.1) is 0 Å². The smallest absolute Gasteiger partial charge is 0.289 e. The molecule has 7 heteroatoms. The summed E-state index contributed by atoms with van der Waals surface area (Å²) in [5, 5.41) is 2.32. The minimum Gasteiger partial charge on any atom is -0.495 e. The van der Waals surface area contributed by atoms with E-state index in [1.165, 1.54) is 0 Å². The fourth-order valence-corrected chi connectivity index (χ4v) is 3.22. The highest BCUT2D eigenvalue weighted by molar-refractivity contribution is 6.10. The molecule has 25 heavy (non-hydrogen) atoms. The molecule has 0 spiro atoms. The lowest BCUT2D eigenvalue weighted by Crippen LogP contribution is -2.40. The van der Waals surface area contributed by atoms with Crippen molar-refractivity contribution in [2.75, 3.05) is 40.5 Å². The second-order valence-electron chi connectivity index (χ2n) is 5.75. The van der Waals surface area contributed by atoms with Gasteiger partial charge in [0.05, 0.1) is 32.8 Å². The summed E-state index contributed by atoms with van der Waals surface area (Å²) in [5.74, 6) is 1.28. The third-order valence-electron chi connectivity index (χ3n) is 4.41. The average Bonchev–Trinajstić information content (AvgIpc) is 3.10. The molecule has 2 aromatic heterocycles. The van der Waals surface area contributed by atoms with Gasteiger partial charge < -0.3 is 23.5 Å². The number of hydrogen-bond acceptors (Lipinski definition) is 6. The number of fused-ring (bicyclic) bond motifs is 2. The molecule has 0 bridgehead atoms. The summed E-state index contributed by atoms with van der Waals surface area (Å²) in [5.41, 5.74) is 0.495. The highest BCUT2D eigenvalue weighted by Gasteiger charge is 2.25. The molecular formula is C18H18N2O5. The van der Waals surface area contributed by atoms with Crippen LogP contribution in [0.15, 0.2) is 28.9 Å². The molecule has 7 nitrogen and oxygen atoms in total. The zero-order chi connectivity index (χ0) is 17.4. The molecule has 1 amide bonds. The third-order valence-corrected chi connectivity index (χ3v) is 4.41. The molecule has 3 heterocycles. The Bertz CT molecular complexity index is 883. The van der Waals surface area contributed by atoms with Crippen LogP contribution in [0.1, 0.15) is 10.6 Å². The quantitative estimate of drug-likeness (QED) is 0.728. The Morgan fingerprint density at radius 2 is 1.88 bits per heavy atom. The summed E-state index contributed by atoms with van der Waals surface area (Å²) in [4.78, 5) is 18.6. The van der Waals surface area contributed by atoms with Crippen molar-refractivity contribution in [1.29, 1.82) is 0 Å². The number of rotatable bonds is 3. The highest BCUT2D eigenvalue weighted by Crippen LogP contribution is 2.43. The highest BCUT2D eigenvalue weighted by atomic mass is 16.5. The lowest BCUT2D eigenvalue weighted by Gasteiger charge is -2.25. The van der Waals surface area contributed by atoms with Crippen molar-refractivity contribution in [3.8, 4) is 11.5 Å². The van der Waals surface area contributed by atoms with E-state index in [2.05, 4.69) is 4.98 Å². The van der Waals surface area contributed by atoms with E-state index < -0.39 is 0 Å². The van der Waals surface area contributed by atoms with Gasteiger partial charge in [-0.1, -0.05) is 0 Å². The zero-order valence-corrected chi connectivity index (χ0v) is 14.1. The number of aromatic nitrogens is 1. The number of amides is 1. The van der Waals surface area contributed by atoms with Gasteiger partial charge in [0.25, 0.3) is 5.91 Å². The summed E-state index contributed by atoms with van der Waals surface area (Å²) in [6.07, 6.45) is 3.39. The van der Waals surface area contributed by atoms with Gasteiger partial charge in [-0.2, -0.15) is 0 Å². The number of ether oxygens (including phenoxy) is 3. The van der Waals surface area contributed by atoms with E-state index in [9.17, 15) is 4.79 Å². The number of morpholine rings is 1. The van der Waals surface area contributed by atoms with E-state index >= 15 is 0 Å². The lowest BCUT2D eigenvalue weighted by molar-refractivity contribution is 0.0284. The van der Waals surface area contributed by atoms with E-state index in [1.54, 1.807) is 37.6 Å². The van der Waals surface area contributed by atoms with Crippen LogP contribution in [0.5, 0.6) is 11.5 Å². The molecule has 1 aliphatic heterocycles. The molecule has 0 saturated carbocycles. The fraction of sp³-hybridized carbons (Fsp3) is 0.333. The number of nitrogens with zero attached hydrogens (tertiary/aromatic N) is 2. The molecule has 1 aromatic carbocycles. The van der Waals surface area contributed by atoms with Gasteiger partial charge in [-0.25, -0.2) is 0 Å². The van der Waals surface area contributed by atoms with Gasteiger partial charge in [0, 0.05) is 42.3 Å². The van der Waals surface area contributed by atoms with Crippen molar-refractivity contribution in [2.45, 2.75) is 0 Å². The van der Waals surface area contributed by atoms with Crippen LogP contribution < -0.4 is 9.47 Å². The standard InChI is InChI=1S/C18H18N2O5/c1-22-15-12-9-14(18(21)20-5-7-24-8-6-20)25-17(12)16(23-2)11-3-4-19-10-13(11)15/h3-4,9-10H,5-8H2,1-2H3. The molecule has 1 saturated heterocycles. The Labute approximate surface area is 144 Å². The monoisotopic (exact) mass is 342 g/mol. The number of carbonyl (C=O) groups is 1. The number of hydrogen-bond donors (Lipinski definition) is 0. The maximum atomic E-state index is 12.7. The number of carbonyl (C=O) groups excluding carboxylic acids is 1. The molecule has 0 atom stereocenters. The van der Waals surface area contributed by atoms with E-state index in [0.717, 1.165) is 10.8 Å². The van der Waals surface area contributed by atoms with Crippen LogP contribution in [0.3, 0.4) is 0 Å². The van der Waals surface area contributed by atoms with Gasteiger partial charge in [0.1, 0.15) is 5.75 Å². The molecule has 4 rings (SSSR count). The topological polar surface area (TPSA) is 74.0 Å². The zero-order valence-electron chi connectivity index (χ0n) is 14.1. The third kappa shape index (κ3) is 2.47. The largest absolute Gasteiger partial charge is 0.495 e. The summed E-state index contributed by atoms with van der Waals surface area (Å²) in [6, 6.07) is 3.54.